The first-order valence-electron chi connectivity index (χ1n) is 12.1. The first-order valence-corrected chi connectivity index (χ1v) is 12.1. The minimum atomic E-state index is -0.253. The molecule has 2 N–H and O–H groups in total. The highest BCUT2D eigenvalue weighted by Crippen LogP contribution is 2.33. The number of nitrogens with zero attached hydrogens (tertiary/aromatic N) is 6. The normalized spacial score (nSPS) is 21.6. The topological polar surface area (TPSA) is 104 Å². The van der Waals surface area contributed by atoms with Crippen molar-refractivity contribution in [1.29, 1.82) is 5.26 Å². The van der Waals surface area contributed by atoms with E-state index in [0.29, 0.717) is 12.1 Å². The Morgan fingerprint density at radius 3 is 2.85 bits per heavy atom. The zero-order chi connectivity index (χ0) is 23.8. The molecule has 1 amide bonds. The first kappa shape index (κ1) is 22.4. The Morgan fingerprint density at radius 2 is 2.09 bits per heavy atom. The predicted molar refractivity (Wildman–Crippen MR) is 131 cm³/mol. The van der Waals surface area contributed by atoms with Gasteiger partial charge in [-0.05, 0) is 57.2 Å². The second-order valence-corrected chi connectivity index (χ2v) is 9.60. The zero-order valence-corrected chi connectivity index (χ0v) is 19.8. The summed E-state index contributed by atoms with van der Waals surface area (Å²) in [5.41, 5.74) is 10.3. The van der Waals surface area contributed by atoms with Gasteiger partial charge in [-0.25, -0.2) is 9.50 Å². The number of carbonyl (C=O) groups excluding carboxylic acids is 1. The molecule has 8 nitrogen and oxygen atoms in total. The van der Waals surface area contributed by atoms with Crippen LogP contribution < -0.4 is 10.6 Å². The Kier molecular flexibility index (Phi) is 5.96. The van der Waals surface area contributed by atoms with Gasteiger partial charge in [-0.1, -0.05) is 12.1 Å². The van der Waals surface area contributed by atoms with E-state index in [1.165, 1.54) is 0 Å². The number of piperidine rings is 1. The van der Waals surface area contributed by atoms with Crippen LogP contribution in [-0.4, -0.2) is 51.1 Å². The van der Waals surface area contributed by atoms with E-state index in [1.54, 1.807) is 0 Å². The lowest BCUT2D eigenvalue weighted by Crippen LogP contribution is -2.38. The van der Waals surface area contributed by atoms with Crippen molar-refractivity contribution in [1.82, 2.24) is 19.5 Å². The molecule has 0 saturated carbocycles. The number of benzene rings is 1. The fraction of sp³-hybridized carbons (Fsp3) is 0.462. The number of hydrogen-bond donors (Lipinski definition) is 1. The average Bonchev–Trinajstić information content (AvgIpc) is 3.48. The van der Waals surface area contributed by atoms with E-state index in [4.69, 9.17) is 15.8 Å². The molecule has 0 aliphatic carbocycles. The Labute approximate surface area is 200 Å². The van der Waals surface area contributed by atoms with Gasteiger partial charge < -0.3 is 15.5 Å². The molecule has 2 aromatic heterocycles. The van der Waals surface area contributed by atoms with Crippen LogP contribution in [0.4, 0.5) is 5.82 Å². The molecular formula is C26H31N7O. The molecule has 34 heavy (non-hydrogen) atoms. The molecule has 3 atom stereocenters. The molecule has 0 radical (unpaired) electrons. The fourth-order valence-electron chi connectivity index (χ4n) is 5.15. The standard InChI is InChI=1S/C26H31N7O/c1-17(14-27)19-6-5-7-20(12-19)26(34)32-10-4-3-8-23(32)22-13-24-29-25(18(2)15-33(24)30-22)31-11-9-21(28)16-31/h5-7,12-13,15,17,21,23H,3-4,8-11,16,28H2,1-2H3/t17?,21-,23-/m0/s1. The van der Waals surface area contributed by atoms with Crippen LogP contribution in [0.15, 0.2) is 36.5 Å². The van der Waals surface area contributed by atoms with Crippen LogP contribution in [0.1, 0.15) is 71.7 Å². The monoisotopic (exact) mass is 457 g/mol. The van der Waals surface area contributed by atoms with Gasteiger partial charge in [0.15, 0.2) is 5.65 Å². The van der Waals surface area contributed by atoms with E-state index in [2.05, 4.69) is 17.9 Å². The summed E-state index contributed by atoms with van der Waals surface area (Å²) in [6.07, 6.45) is 5.89. The molecule has 1 aromatic carbocycles. The van der Waals surface area contributed by atoms with Crippen LogP contribution in [-0.2, 0) is 0 Å². The summed E-state index contributed by atoms with van der Waals surface area (Å²) in [7, 11) is 0. The van der Waals surface area contributed by atoms with Gasteiger partial charge in [0.2, 0.25) is 0 Å². The van der Waals surface area contributed by atoms with Gasteiger partial charge in [-0.15, -0.1) is 0 Å². The SMILES string of the molecule is Cc1cn2nc([C@@H]3CCCCN3C(=O)c3cccc(C(C)C#N)c3)cc2nc1N1CC[C@H](N)C1. The molecule has 0 spiro atoms. The number of anilines is 1. The van der Waals surface area contributed by atoms with Gasteiger partial charge >= 0.3 is 0 Å². The Balaban J connectivity index is 1.45. The highest BCUT2D eigenvalue weighted by Gasteiger charge is 2.31. The van der Waals surface area contributed by atoms with Crippen molar-refractivity contribution in [2.45, 2.75) is 57.5 Å². The highest BCUT2D eigenvalue weighted by atomic mass is 16.2. The van der Waals surface area contributed by atoms with Crippen molar-refractivity contribution in [2.75, 3.05) is 24.5 Å². The summed E-state index contributed by atoms with van der Waals surface area (Å²) < 4.78 is 1.83. The van der Waals surface area contributed by atoms with E-state index in [1.807, 2.05) is 52.9 Å². The van der Waals surface area contributed by atoms with Crippen molar-refractivity contribution in [3.8, 4) is 6.07 Å². The van der Waals surface area contributed by atoms with Crippen molar-refractivity contribution in [2.24, 2.45) is 5.73 Å². The summed E-state index contributed by atoms with van der Waals surface area (Å²) in [5.74, 6) is 0.702. The minimum absolute atomic E-state index is 0.00960. The molecule has 4 heterocycles. The Bertz CT molecular complexity index is 1260. The van der Waals surface area contributed by atoms with E-state index in [-0.39, 0.29) is 23.9 Å². The third-order valence-corrected chi connectivity index (χ3v) is 7.08. The maximum absolute atomic E-state index is 13.5. The first-order chi connectivity index (χ1) is 16.4. The quantitative estimate of drug-likeness (QED) is 0.642. The smallest absolute Gasteiger partial charge is 0.254 e. The molecular weight excluding hydrogens is 426 g/mol. The number of rotatable bonds is 4. The lowest BCUT2D eigenvalue weighted by molar-refractivity contribution is 0.0605. The fourth-order valence-corrected chi connectivity index (χ4v) is 5.15. The second kappa shape index (κ2) is 9.07. The van der Waals surface area contributed by atoms with Crippen LogP contribution in [0.3, 0.4) is 0 Å². The summed E-state index contributed by atoms with van der Waals surface area (Å²) in [6, 6.07) is 11.8. The second-order valence-electron chi connectivity index (χ2n) is 9.60. The third-order valence-electron chi connectivity index (χ3n) is 7.08. The van der Waals surface area contributed by atoms with Crippen molar-refractivity contribution in [3.05, 3.63) is 58.9 Å². The van der Waals surface area contributed by atoms with Gasteiger partial charge in [-0.3, -0.25) is 4.79 Å². The van der Waals surface area contributed by atoms with Crippen molar-refractivity contribution in [3.63, 3.8) is 0 Å². The van der Waals surface area contributed by atoms with Crippen molar-refractivity contribution >= 4 is 17.4 Å². The summed E-state index contributed by atoms with van der Waals surface area (Å²) in [6.45, 7) is 6.33. The van der Waals surface area contributed by atoms with Crippen molar-refractivity contribution < 1.29 is 4.79 Å². The lowest BCUT2D eigenvalue weighted by atomic mass is 9.96. The van der Waals surface area contributed by atoms with Gasteiger partial charge in [0, 0.05) is 49.1 Å². The molecule has 5 rings (SSSR count). The third kappa shape index (κ3) is 4.12. The minimum Gasteiger partial charge on any atom is -0.355 e. The molecule has 8 heteroatoms. The molecule has 3 aromatic rings. The maximum atomic E-state index is 13.5. The number of hydrogen-bond acceptors (Lipinski definition) is 6. The van der Waals surface area contributed by atoms with E-state index in [0.717, 1.165) is 67.1 Å². The van der Waals surface area contributed by atoms with Crippen LogP contribution in [0.5, 0.6) is 0 Å². The van der Waals surface area contributed by atoms with Crippen LogP contribution in [0.2, 0.25) is 0 Å². The maximum Gasteiger partial charge on any atom is 0.254 e. The number of carbonyl (C=O) groups is 1. The molecule has 2 fully saturated rings. The lowest BCUT2D eigenvalue weighted by Gasteiger charge is -2.35. The number of nitrogens with two attached hydrogens (primary N) is 1. The molecule has 176 valence electrons. The predicted octanol–water partition coefficient (Wildman–Crippen LogP) is 3.57. The van der Waals surface area contributed by atoms with Crippen LogP contribution >= 0.6 is 0 Å². The average molecular weight is 458 g/mol. The Morgan fingerprint density at radius 1 is 1.24 bits per heavy atom. The largest absolute Gasteiger partial charge is 0.355 e. The van der Waals surface area contributed by atoms with Gasteiger partial charge in [-0.2, -0.15) is 10.4 Å². The number of amides is 1. The summed E-state index contributed by atoms with van der Waals surface area (Å²) in [5, 5.41) is 14.1. The molecule has 2 aliphatic rings. The number of nitriles is 1. The summed E-state index contributed by atoms with van der Waals surface area (Å²) in [4.78, 5) is 22.6. The number of fused-ring (bicyclic) bond motifs is 1. The molecule has 1 unspecified atom stereocenters. The van der Waals surface area contributed by atoms with Gasteiger partial charge in [0.25, 0.3) is 5.91 Å². The van der Waals surface area contributed by atoms with Gasteiger partial charge in [0.05, 0.1) is 23.7 Å². The number of aromatic nitrogens is 3. The molecule has 2 saturated heterocycles. The van der Waals surface area contributed by atoms with E-state index >= 15 is 0 Å². The zero-order valence-electron chi connectivity index (χ0n) is 19.8. The molecule has 2 aliphatic heterocycles. The Hall–Kier alpha value is -3.44. The van der Waals surface area contributed by atoms with Crippen LogP contribution in [0, 0.1) is 18.3 Å². The van der Waals surface area contributed by atoms with Crippen LogP contribution in [0.25, 0.3) is 5.65 Å². The number of likely N-dealkylation sites (tertiary alicyclic amines) is 1. The van der Waals surface area contributed by atoms with Gasteiger partial charge in [0.1, 0.15) is 5.82 Å². The highest BCUT2D eigenvalue weighted by molar-refractivity contribution is 5.94. The summed E-state index contributed by atoms with van der Waals surface area (Å²) >= 11 is 0. The molecule has 0 bridgehead atoms. The van der Waals surface area contributed by atoms with E-state index < -0.39 is 0 Å². The number of aryl methyl sites for hydroxylation is 1. The van der Waals surface area contributed by atoms with E-state index in [9.17, 15) is 10.1 Å².